The van der Waals surface area contributed by atoms with Crippen LogP contribution in [0, 0.1) is 0 Å². The van der Waals surface area contributed by atoms with Crippen molar-refractivity contribution in [2.24, 2.45) is 0 Å². The summed E-state index contributed by atoms with van der Waals surface area (Å²) in [6.45, 7) is 5.01. The molecule has 1 aromatic carbocycles. The average Bonchev–Trinajstić information content (AvgIpc) is 3.36. The molecule has 0 spiro atoms. The molecule has 2 aliphatic rings. The van der Waals surface area contributed by atoms with Crippen molar-refractivity contribution in [1.29, 1.82) is 0 Å². The fourth-order valence-corrected chi connectivity index (χ4v) is 4.00. The lowest BCUT2D eigenvalue weighted by Crippen LogP contribution is -2.40. The van der Waals surface area contributed by atoms with Gasteiger partial charge in [0.15, 0.2) is 0 Å². The molecule has 25 heavy (non-hydrogen) atoms. The molecule has 132 valence electrons. The highest BCUT2D eigenvalue weighted by Gasteiger charge is 2.25. The van der Waals surface area contributed by atoms with Crippen LogP contribution in [0.2, 0.25) is 0 Å². The third kappa shape index (κ3) is 3.76. The summed E-state index contributed by atoms with van der Waals surface area (Å²) in [5, 5.41) is 0. The Morgan fingerprint density at radius 3 is 2.60 bits per heavy atom. The van der Waals surface area contributed by atoms with Gasteiger partial charge in [-0.05, 0) is 56.5 Å². The van der Waals surface area contributed by atoms with Gasteiger partial charge in [0.05, 0.1) is 12.4 Å². The lowest BCUT2D eigenvalue weighted by molar-refractivity contribution is 0.0679. The third-order valence-electron chi connectivity index (χ3n) is 5.44. The van der Waals surface area contributed by atoms with Crippen LogP contribution in [-0.4, -0.2) is 51.4 Å². The number of piperidine rings is 1. The van der Waals surface area contributed by atoms with Crippen LogP contribution < -0.4 is 0 Å². The molecule has 0 N–H and O–H groups in total. The maximum Gasteiger partial charge on any atom is 0.253 e. The van der Waals surface area contributed by atoms with Gasteiger partial charge in [-0.2, -0.15) is 0 Å². The van der Waals surface area contributed by atoms with E-state index in [0.29, 0.717) is 6.04 Å². The van der Waals surface area contributed by atoms with Gasteiger partial charge < -0.3 is 9.47 Å². The normalized spacial score (nSPS) is 21.6. The molecule has 4 rings (SSSR count). The molecule has 0 aliphatic carbocycles. The highest BCUT2D eigenvalue weighted by Crippen LogP contribution is 2.23. The number of imidazole rings is 1. The third-order valence-corrected chi connectivity index (χ3v) is 5.44. The van der Waals surface area contributed by atoms with Crippen molar-refractivity contribution in [2.45, 2.75) is 38.3 Å². The minimum atomic E-state index is 0.150. The first kappa shape index (κ1) is 16.3. The molecule has 0 radical (unpaired) electrons. The second-order valence-electron chi connectivity index (χ2n) is 7.24. The first-order valence-corrected chi connectivity index (χ1v) is 9.37. The van der Waals surface area contributed by atoms with Crippen molar-refractivity contribution in [3.63, 3.8) is 0 Å². The zero-order chi connectivity index (χ0) is 17.1. The minimum absolute atomic E-state index is 0.150. The molecule has 5 nitrogen and oxygen atoms in total. The number of nitrogens with zero attached hydrogens (tertiary/aromatic N) is 4. The number of hydrogen-bond donors (Lipinski definition) is 0. The number of carbonyl (C=O) groups excluding carboxylic acids is 1. The summed E-state index contributed by atoms with van der Waals surface area (Å²) in [7, 11) is 0. The molecule has 2 aromatic rings. The quantitative estimate of drug-likeness (QED) is 0.861. The van der Waals surface area contributed by atoms with Gasteiger partial charge in [0, 0.05) is 37.6 Å². The van der Waals surface area contributed by atoms with Crippen LogP contribution >= 0.6 is 0 Å². The molecule has 2 aliphatic heterocycles. The molecule has 1 atom stereocenters. The average molecular weight is 338 g/mol. The number of carbonyl (C=O) groups is 1. The van der Waals surface area contributed by atoms with E-state index in [1.807, 2.05) is 29.6 Å². The van der Waals surface area contributed by atoms with Crippen molar-refractivity contribution in [1.82, 2.24) is 19.4 Å². The van der Waals surface area contributed by atoms with E-state index < -0.39 is 0 Å². The number of rotatable bonds is 4. The van der Waals surface area contributed by atoms with Gasteiger partial charge in [-0.1, -0.05) is 12.1 Å². The molecular weight excluding hydrogens is 312 g/mol. The number of likely N-dealkylation sites (tertiary alicyclic amines) is 2. The van der Waals surface area contributed by atoms with E-state index in [9.17, 15) is 4.79 Å². The van der Waals surface area contributed by atoms with Crippen LogP contribution in [0.5, 0.6) is 0 Å². The van der Waals surface area contributed by atoms with Crippen LogP contribution in [0.1, 0.15) is 47.6 Å². The molecule has 2 saturated heterocycles. The van der Waals surface area contributed by atoms with Crippen molar-refractivity contribution in [2.75, 3.05) is 26.2 Å². The van der Waals surface area contributed by atoms with Crippen molar-refractivity contribution in [3.8, 4) is 0 Å². The highest BCUT2D eigenvalue weighted by atomic mass is 16.2. The van der Waals surface area contributed by atoms with Gasteiger partial charge >= 0.3 is 0 Å². The van der Waals surface area contributed by atoms with E-state index in [-0.39, 0.29) is 5.91 Å². The van der Waals surface area contributed by atoms with Crippen LogP contribution in [0.25, 0.3) is 0 Å². The van der Waals surface area contributed by atoms with Crippen molar-refractivity contribution in [3.05, 3.63) is 54.1 Å². The largest absolute Gasteiger partial charge is 0.337 e. The zero-order valence-electron chi connectivity index (χ0n) is 14.7. The Bertz CT molecular complexity index is 689. The second kappa shape index (κ2) is 7.40. The van der Waals surface area contributed by atoms with Crippen LogP contribution in [-0.2, 0) is 6.54 Å². The molecule has 5 heteroatoms. The van der Waals surface area contributed by atoms with Crippen molar-refractivity contribution < 1.29 is 4.79 Å². The zero-order valence-corrected chi connectivity index (χ0v) is 14.7. The first-order valence-electron chi connectivity index (χ1n) is 9.37. The first-order chi connectivity index (χ1) is 12.3. The maximum absolute atomic E-state index is 12.9. The standard InChI is InChI=1S/C20H26N4O/c25-20(23-12-3-4-19(15-23)24-13-9-21-16-24)18-7-5-17(6-8-18)14-22-10-1-2-11-22/h5-9,13,16,19H,1-4,10-12,14-15H2. The molecule has 0 saturated carbocycles. The minimum Gasteiger partial charge on any atom is -0.337 e. The lowest BCUT2D eigenvalue weighted by Gasteiger charge is -2.33. The Balaban J connectivity index is 1.39. The summed E-state index contributed by atoms with van der Waals surface area (Å²) in [6.07, 6.45) is 10.4. The Morgan fingerprint density at radius 2 is 1.88 bits per heavy atom. The summed E-state index contributed by atoms with van der Waals surface area (Å²) in [5.41, 5.74) is 2.10. The fourth-order valence-electron chi connectivity index (χ4n) is 4.00. The van der Waals surface area contributed by atoms with Crippen LogP contribution in [0.3, 0.4) is 0 Å². The predicted molar refractivity (Wildman–Crippen MR) is 97.4 cm³/mol. The molecule has 1 unspecified atom stereocenters. The monoisotopic (exact) mass is 338 g/mol. The topological polar surface area (TPSA) is 41.4 Å². The highest BCUT2D eigenvalue weighted by molar-refractivity contribution is 5.94. The van der Waals surface area contributed by atoms with Gasteiger partial charge in [-0.3, -0.25) is 9.69 Å². The SMILES string of the molecule is O=C(c1ccc(CN2CCCC2)cc1)N1CCCC(n2ccnc2)C1. The van der Waals surface area contributed by atoms with Gasteiger partial charge in [-0.25, -0.2) is 4.98 Å². The molecule has 1 aromatic heterocycles. The molecule has 2 fully saturated rings. The van der Waals surface area contributed by atoms with Gasteiger partial charge in [0.2, 0.25) is 0 Å². The number of hydrogen-bond acceptors (Lipinski definition) is 3. The van der Waals surface area contributed by atoms with E-state index in [0.717, 1.165) is 38.0 Å². The van der Waals surface area contributed by atoms with Crippen LogP contribution in [0.15, 0.2) is 43.0 Å². The fraction of sp³-hybridized carbons (Fsp3) is 0.500. The van der Waals surface area contributed by atoms with Gasteiger partial charge in [-0.15, -0.1) is 0 Å². The van der Waals surface area contributed by atoms with Gasteiger partial charge in [0.1, 0.15) is 0 Å². The summed E-state index contributed by atoms with van der Waals surface area (Å²) < 4.78 is 2.12. The van der Waals surface area contributed by atoms with E-state index in [4.69, 9.17) is 0 Å². The second-order valence-corrected chi connectivity index (χ2v) is 7.24. The van der Waals surface area contributed by atoms with E-state index in [1.165, 1.54) is 31.5 Å². The molecule has 0 bridgehead atoms. The van der Waals surface area contributed by atoms with E-state index in [2.05, 4.69) is 26.6 Å². The van der Waals surface area contributed by atoms with Crippen LogP contribution in [0.4, 0.5) is 0 Å². The Labute approximate surface area is 149 Å². The molecular formula is C20H26N4O. The summed E-state index contributed by atoms with van der Waals surface area (Å²) in [5.74, 6) is 0.150. The number of amides is 1. The lowest BCUT2D eigenvalue weighted by atomic mass is 10.0. The number of aromatic nitrogens is 2. The van der Waals surface area contributed by atoms with E-state index >= 15 is 0 Å². The van der Waals surface area contributed by atoms with Gasteiger partial charge in [0.25, 0.3) is 5.91 Å². The Hall–Kier alpha value is -2.14. The van der Waals surface area contributed by atoms with Crippen molar-refractivity contribution >= 4 is 5.91 Å². The van der Waals surface area contributed by atoms with E-state index in [1.54, 1.807) is 6.20 Å². The Kier molecular flexibility index (Phi) is 4.83. The molecule has 3 heterocycles. The maximum atomic E-state index is 12.9. The smallest absolute Gasteiger partial charge is 0.253 e. The molecule has 1 amide bonds. The predicted octanol–water partition coefficient (Wildman–Crippen LogP) is 2.96. The Morgan fingerprint density at radius 1 is 1.08 bits per heavy atom. The summed E-state index contributed by atoms with van der Waals surface area (Å²) in [4.78, 5) is 21.5. The summed E-state index contributed by atoms with van der Waals surface area (Å²) >= 11 is 0. The summed E-state index contributed by atoms with van der Waals surface area (Å²) in [6, 6.07) is 8.56. The number of benzene rings is 1.